The lowest BCUT2D eigenvalue weighted by molar-refractivity contribution is 0.0583. The van der Waals surface area contributed by atoms with Crippen molar-refractivity contribution >= 4 is 5.91 Å². The van der Waals surface area contributed by atoms with Crippen molar-refractivity contribution in [2.75, 3.05) is 39.9 Å². The molecule has 0 radical (unpaired) electrons. The first-order chi connectivity index (χ1) is 15.7. The predicted molar refractivity (Wildman–Crippen MR) is 125 cm³/mol. The molecule has 0 unspecified atom stereocenters. The van der Waals surface area contributed by atoms with Gasteiger partial charge in [-0.3, -0.25) is 14.7 Å². The van der Waals surface area contributed by atoms with E-state index in [1.165, 1.54) is 0 Å². The molecule has 0 aliphatic carbocycles. The van der Waals surface area contributed by atoms with Gasteiger partial charge in [-0.2, -0.15) is 0 Å². The summed E-state index contributed by atoms with van der Waals surface area (Å²) in [5, 5.41) is 0. The highest BCUT2D eigenvalue weighted by Crippen LogP contribution is 2.22. The first kappa shape index (κ1) is 22.7. The number of rotatable bonds is 8. The van der Waals surface area contributed by atoms with E-state index in [9.17, 15) is 4.79 Å². The molecule has 3 heterocycles. The minimum absolute atomic E-state index is 0.0754. The van der Waals surface area contributed by atoms with Crippen LogP contribution in [0.4, 0.5) is 0 Å². The molecule has 6 heteroatoms. The minimum Gasteiger partial charge on any atom is -0.490 e. The molecule has 2 aromatic rings. The zero-order valence-corrected chi connectivity index (χ0v) is 19.1. The molecule has 1 amide bonds. The first-order valence-corrected chi connectivity index (χ1v) is 11.9. The number of aromatic nitrogens is 1. The van der Waals surface area contributed by atoms with E-state index < -0.39 is 0 Å². The lowest BCUT2D eigenvalue weighted by Gasteiger charge is -2.32. The van der Waals surface area contributed by atoms with Gasteiger partial charge in [0.15, 0.2) is 0 Å². The Bertz CT molecular complexity index is 829. The third-order valence-corrected chi connectivity index (χ3v) is 6.61. The summed E-state index contributed by atoms with van der Waals surface area (Å²) in [6.07, 6.45) is 7.34. The van der Waals surface area contributed by atoms with Gasteiger partial charge in [-0.05, 0) is 74.4 Å². The highest BCUT2D eigenvalue weighted by atomic mass is 16.5. The Labute approximate surface area is 191 Å². The molecule has 32 heavy (non-hydrogen) atoms. The lowest BCUT2D eigenvalue weighted by atomic mass is 9.96. The van der Waals surface area contributed by atoms with E-state index in [1.54, 1.807) is 0 Å². The Balaban J connectivity index is 1.20. The molecule has 0 atom stereocenters. The number of benzene rings is 1. The van der Waals surface area contributed by atoms with Gasteiger partial charge in [0.2, 0.25) is 0 Å². The predicted octanol–water partition coefficient (Wildman–Crippen LogP) is 4.01. The molecule has 0 spiro atoms. The van der Waals surface area contributed by atoms with Gasteiger partial charge in [-0.15, -0.1) is 0 Å². The van der Waals surface area contributed by atoms with Crippen molar-refractivity contribution in [1.82, 2.24) is 14.8 Å². The topological polar surface area (TPSA) is 54.9 Å². The third-order valence-electron chi connectivity index (χ3n) is 6.61. The minimum atomic E-state index is 0.0754. The highest BCUT2D eigenvalue weighted by molar-refractivity contribution is 5.94. The number of carbonyl (C=O) groups excluding carboxylic acids is 1. The fourth-order valence-corrected chi connectivity index (χ4v) is 4.51. The maximum atomic E-state index is 12.8. The van der Waals surface area contributed by atoms with Crippen LogP contribution in [0, 0.1) is 5.92 Å². The fraction of sp³-hybridized carbons (Fsp3) is 0.538. The summed E-state index contributed by atoms with van der Waals surface area (Å²) in [7, 11) is 1.89. The van der Waals surface area contributed by atoms with E-state index in [2.05, 4.69) is 16.0 Å². The van der Waals surface area contributed by atoms with E-state index in [4.69, 9.17) is 9.47 Å². The van der Waals surface area contributed by atoms with Crippen LogP contribution in [0.25, 0.3) is 0 Å². The molecule has 1 aromatic heterocycles. The van der Waals surface area contributed by atoms with Crippen LogP contribution in [0.3, 0.4) is 0 Å². The molecule has 2 aliphatic heterocycles. The molecule has 4 rings (SSSR count). The van der Waals surface area contributed by atoms with Gasteiger partial charge in [-0.1, -0.05) is 6.07 Å². The Morgan fingerprint density at radius 2 is 1.84 bits per heavy atom. The number of hydrogen-bond acceptors (Lipinski definition) is 5. The Morgan fingerprint density at radius 1 is 1.09 bits per heavy atom. The van der Waals surface area contributed by atoms with Gasteiger partial charge < -0.3 is 14.4 Å². The number of likely N-dealkylation sites (tertiary alicyclic amines) is 1. The van der Waals surface area contributed by atoms with E-state index in [-0.39, 0.29) is 12.0 Å². The lowest BCUT2D eigenvalue weighted by Crippen LogP contribution is -2.37. The molecule has 0 N–H and O–H groups in total. The Hall–Kier alpha value is -2.44. The second-order valence-corrected chi connectivity index (χ2v) is 9.01. The molecule has 1 aromatic carbocycles. The number of carbonyl (C=O) groups is 1. The summed E-state index contributed by atoms with van der Waals surface area (Å²) in [4.78, 5) is 21.4. The van der Waals surface area contributed by atoms with Gasteiger partial charge in [0.1, 0.15) is 11.9 Å². The van der Waals surface area contributed by atoms with E-state index in [0.717, 1.165) is 88.5 Å². The molecule has 2 fully saturated rings. The highest BCUT2D eigenvalue weighted by Gasteiger charge is 2.21. The number of nitrogens with zero attached hydrogens (tertiary/aromatic N) is 3. The fourth-order valence-electron chi connectivity index (χ4n) is 4.51. The van der Waals surface area contributed by atoms with Gasteiger partial charge >= 0.3 is 0 Å². The number of piperidine rings is 1. The number of ether oxygens (including phenoxy) is 2. The van der Waals surface area contributed by atoms with Gasteiger partial charge in [0.25, 0.3) is 5.91 Å². The molecular weight excluding hydrogens is 402 g/mol. The summed E-state index contributed by atoms with van der Waals surface area (Å²) in [6, 6.07) is 13.7. The van der Waals surface area contributed by atoms with Crippen molar-refractivity contribution in [3.8, 4) is 5.75 Å². The van der Waals surface area contributed by atoms with Crippen molar-refractivity contribution in [1.29, 1.82) is 0 Å². The zero-order chi connectivity index (χ0) is 22.2. The maximum Gasteiger partial charge on any atom is 0.253 e. The normalized spacial score (nSPS) is 18.4. The van der Waals surface area contributed by atoms with Crippen LogP contribution in [-0.2, 0) is 11.3 Å². The monoisotopic (exact) mass is 437 g/mol. The summed E-state index contributed by atoms with van der Waals surface area (Å²) in [5.41, 5.74) is 1.84. The van der Waals surface area contributed by atoms with Crippen molar-refractivity contribution in [3.05, 3.63) is 59.9 Å². The van der Waals surface area contributed by atoms with Crippen LogP contribution < -0.4 is 4.74 Å². The second kappa shape index (κ2) is 11.4. The van der Waals surface area contributed by atoms with Gasteiger partial charge in [0.05, 0.1) is 5.69 Å². The van der Waals surface area contributed by atoms with Crippen LogP contribution in [0.5, 0.6) is 5.75 Å². The van der Waals surface area contributed by atoms with Crippen molar-refractivity contribution < 1.29 is 14.3 Å². The maximum absolute atomic E-state index is 12.8. The van der Waals surface area contributed by atoms with E-state index in [1.807, 2.05) is 54.5 Å². The van der Waals surface area contributed by atoms with E-state index in [0.29, 0.717) is 5.92 Å². The third kappa shape index (κ3) is 6.53. The van der Waals surface area contributed by atoms with Gasteiger partial charge in [-0.25, -0.2) is 0 Å². The quantitative estimate of drug-likeness (QED) is 0.625. The average molecular weight is 438 g/mol. The standard InChI is InChI=1S/C26H35N3O3/c1-28(15-9-21-12-18-31-19-13-21)26(30)22-5-7-24(8-6-22)32-25-10-16-29(17-11-25)20-23-4-2-3-14-27-23/h2-8,14,21,25H,9-13,15-20H2,1H3. The van der Waals surface area contributed by atoms with Crippen molar-refractivity contribution in [2.24, 2.45) is 5.92 Å². The Kier molecular flexibility index (Phi) is 8.13. The second-order valence-electron chi connectivity index (χ2n) is 9.01. The zero-order valence-electron chi connectivity index (χ0n) is 19.1. The number of amides is 1. The van der Waals surface area contributed by atoms with Crippen LogP contribution in [0.2, 0.25) is 0 Å². The molecule has 6 nitrogen and oxygen atoms in total. The number of pyridine rings is 1. The molecule has 2 saturated heterocycles. The Morgan fingerprint density at radius 3 is 2.53 bits per heavy atom. The molecule has 0 bridgehead atoms. The average Bonchev–Trinajstić information content (AvgIpc) is 2.85. The number of hydrogen-bond donors (Lipinski definition) is 0. The largest absolute Gasteiger partial charge is 0.490 e. The summed E-state index contributed by atoms with van der Waals surface area (Å²) >= 11 is 0. The molecular formula is C26H35N3O3. The van der Waals surface area contributed by atoms with Crippen LogP contribution in [0.15, 0.2) is 48.7 Å². The summed E-state index contributed by atoms with van der Waals surface area (Å²) < 4.78 is 11.6. The van der Waals surface area contributed by atoms with E-state index >= 15 is 0 Å². The van der Waals surface area contributed by atoms with Crippen molar-refractivity contribution in [2.45, 2.75) is 44.8 Å². The summed E-state index contributed by atoms with van der Waals surface area (Å²) in [5.74, 6) is 1.59. The molecule has 2 aliphatic rings. The van der Waals surface area contributed by atoms with Crippen LogP contribution in [-0.4, -0.2) is 66.7 Å². The molecule has 0 saturated carbocycles. The summed E-state index contributed by atoms with van der Waals surface area (Å²) in [6.45, 7) is 5.41. The van der Waals surface area contributed by atoms with Gasteiger partial charge in [0, 0.05) is 58.2 Å². The SMILES string of the molecule is CN(CCC1CCOCC1)C(=O)c1ccc(OC2CCN(Cc3ccccn3)CC2)cc1. The van der Waals surface area contributed by atoms with Crippen molar-refractivity contribution in [3.63, 3.8) is 0 Å². The first-order valence-electron chi connectivity index (χ1n) is 11.9. The van der Waals surface area contributed by atoms with Crippen LogP contribution in [0.1, 0.15) is 48.2 Å². The van der Waals surface area contributed by atoms with Crippen LogP contribution >= 0.6 is 0 Å². The smallest absolute Gasteiger partial charge is 0.253 e. The molecule has 172 valence electrons.